The number of rotatable bonds is 7. The number of carboxylic acid groups (broad SMARTS) is 1. The molecule has 0 saturated heterocycles. The highest BCUT2D eigenvalue weighted by molar-refractivity contribution is 7.12. The zero-order valence-electron chi connectivity index (χ0n) is 11.4. The van der Waals surface area contributed by atoms with E-state index in [4.69, 9.17) is 5.11 Å². The minimum absolute atomic E-state index is 0.0594. The van der Waals surface area contributed by atoms with E-state index in [-0.39, 0.29) is 12.5 Å². The first-order valence-corrected chi connectivity index (χ1v) is 7.18. The van der Waals surface area contributed by atoms with Crippen LogP contribution in [-0.4, -0.2) is 35.5 Å². The summed E-state index contributed by atoms with van der Waals surface area (Å²) < 4.78 is 0. The van der Waals surface area contributed by atoms with Gasteiger partial charge in [-0.1, -0.05) is 13.0 Å². The SMILES string of the molecule is CCC(CNC(=O)C(C)NC(=O)c1cccs1)C(=O)O. The third kappa shape index (κ3) is 4.65. The summed E-state index contributed by atoms with van der Waals surface area (Å²) in [7, 11) is 0. The van der Waals surface area contributed by atoms with E-state index in [1.165, 1.54) is 11.3 Å². The van der Waals surface area contributed by atoms with E-state index in [2.05, 4.69) is 10.6 Å². The van der Waals surface area contributed by atoms with Gasteiger partial charge in [-0.2, -0.15) is 0 Å². The quantitative estimate of drug-likeness (QED) is 0.702. The fraction of sp³-hybridized carbons (Fsp3) is 0.462. The van der Waals surface area contributed by atoms with Crippen molar-refractivity contribution in [3.8, 4) is 0 Å². The van der Waals surface area contributed by atoms with Crippen molar-refractivity contribution in [2.45, 2.75) is 26.3 Å². The van der Waals surface area contributed by atoms with Crippen molar-refractivity contribution in [3.63, 3.8) is 0 Å². The molecule has 0 aliphatic carbocycles. The predicted molar refractivity (Wildman–Crippen MR) is 75.7 cm³/mol. The molecule has 0 saturated carbocycles. The number of hydrogen-bond donors (Lipinski definition) is 3. The molecular formula is C13H18N2O4S. The molecule has 3 N–H and O–H groups in total. The number of carboxylic acids is 1. The minimum atomic E-state index is -0.942. The van der Waals surface area contributed by atoms with Crippen LogP contribution >= 0.6 is 11.3 Å². The summed E-state index contributed by atoms with van der Waals surface area (Å²) in [6, 6.07) is 2.71. The van der Waals surface area contributed by atoms with Crippen LogP contribution in [0, 0.1) is 5.92 Å². The monoisotopic (exact) mass is 298 g/mol. The Morgan fingerprint density at radius 2 is 2.10 bits per heavy atom. The standard InChI is InChI=1S/C13H18N2O4S/c1-3-9(13(18)19)7-14-11(16)8(2)15-12(17)10-5-4-6-20-10/h4-6,8-9H,3,7H2,1-2H3,(H,14,16)(H,15,17)(H,18,19). The summed E-state index contributed by atoms with van der Waals surface area (Å²) in [5.74, 6) is -2.26. The second kappa shape index (κ2) is 7.64. The second-order valence-electron chi connectivity index (χ2n) is 4.36. The molecule has 0 fully saturated rings. The topological polar surface area (TPSA) is 95.5 Å². The van der Waals surface area contributed by atoms with Crippen molar-refractivity contribution in [1.29, 1.82) is 0 Å². The average molecular weight is 298 g/mol. The Morgan fingerprint density at radius 3 is 2.60 bits per heavy atom. The normalized spacial score (nSPS) is 13.3. The number of amides is 2. The molecule has 0 radical (unpaired) electrons. The molecule has 1 aromatic rings. The molecule has 0 aliphatic heterocycles. The highest BCUT2D eigenvalue weighted by Crippen LogP contribution is 2.08. The first-order chi connectivity index (χ1) is 9.45. The average Bonchev–Trinajstić information content (AvgIpc) is 2.92. The van der Waals surface area contributed by atoms with E-state index in [0.717, 1.165) is 0 Å². The third-order valence-electron chi connectivity index (χ3n) is 2.85. The van der Waals surface area contributed by atoms with Crippen molar-refractivity contribution >= 4 is 29.1 Å². The molecule has 6 nitrogen and oxygen atoms in total. The van der Waals surface area contributed by atoms with E-state index in [0.29, 0.717) is 11.3 Å². The maximum Gasteiger partial charge on any atom is 0.308 e. The molecule has 20 heavy (non-hydrogen) atoms. The van der Waals surface area contributed by atoms with Crippen LogP contribution in [0.5, 0.6) is 0 Å². The highest BCUT2D eigenvalue weighted by Gasteiger charge is 2.20. The molecule has 1 rings (SSSR count). The Balaban J connectivity index is 2.43. The molecule has 0 bridgehead atoms. The molecule has 2 atom stereocenters. The Labute approximate surface area is 121 Å². The fourth-order valence-electron chi connectivity index (χ4n) is 1.52. The van der Waals surface area contributed by atoms with Crippen LogP contribution < -0.4 is 10.6 Å². The lowest BCUT2D eigenvalue weighted by atomic mass is 10.1. The molecular weight excluding hydrogens is 280 g/mol. The van der Waals surface area contributed by atoms with Gasteiger partial charge < -0.3 is 15.7 Å². The smallest absolute Gasteiger partial charge is 0.308 e. The van der Waals surface area contributed by atoms with Crippen LogP contribution in [0.3, 0.4) is 0 Å². The lowest BCUT2D eigenvalue weighted by molar-refractivity contribution is -0.141. The summed E-state index contributed by atoms with van der Waals surface area (Å²) in [6.07, 6.45) is 0.436. The van der Waals surface area contributed by atoms with Gasteiger partial charge in [-0.15, -0.1) is 11.3 Å². The lowest BCUT2D eigenvalue weighted by Gasteiger charge is -2.16. The summed E-state index contributed by atoms with van der Waals surface area (Å²) in [5.41, 5.74) is 0. The van der Waals surface area contributed by atoms with Crippen molar-refractivity contribution in [2.75, 3.05) is 6.54 Å². The van der Waals surface area contributed by atoms with E-state index in [1.807, 2.05) is 0 Å². The van der Waals surface area contributed by atoms with Gasteiger partial charge in [-0.3, -0.25) is 14.4 Å². The van der Waals surface area contributed by atoms with Gasteiger partial charge in [0.1, 0.15) is 6.04 Å². The summed E-state index contributed by atoms with van der Waals surface area (Å²) >= 11 is 1.29. The maximum absolute atomic E-state index is 11.8. The van der Waals surface area contributed by atoms with Crippen molar-refractivity contribution < 1.29 is 19.5 Å². The van der Waals surface area contributed by atoms with Crippen molar-refractivity contribution in [3.05, 3.63) is 22.4 Å². The van der Waals surface area contributed by atoms with Gasteiger partial charge in [0.25, 0.3) is 5.91 Å². The molecule has 1 heterocycles. The van der Waals surface area contributed by atoms with Crippen LogP contribution in [0.2, 0.25) is 0 Å². The molecule has 110 valence electrons. The zero-order chi connectivity index (χ0) is 15.1. The molecule has 7 heteroatoms. The molecule has 0 aliphatic rings. The molecule has 0 aromatic carbocycles. The van der Waals surface area contributed by atoms with Crippen LogP contribution in [0.15, 0.2) is 17.5 Å². The number of carbonyl (C=O) groups excluding carboxylic acids is 2. The number of carbonyl (C=O) groups is 3. The molecule has 2 amide bonds. The maximum atomic E-state index is 11.8. The molecule has 1 aromatic heterocycles. The van der Waals surface area contributed by atoms with Crippen LogP contribution in [0.4, 0.5) is 0 Å². The van der Waals surface area contributed by atoms with E-state index >= 15 is 0 Å². The Hall–Kier alpha value is -1.89. The number of thiophene rings is 1. The van der Waals surface area contributed by atoms with Gasteiger partial charge in [-0.25, -0.2) is 0 Å². The van der Waals surface area contributed by atoms with Crippen molar-refractivity contribution in [1.82, 2.24) is 10.6 Å². The number of aliphatic carboxylic acids is 1. The van der Waals surface area contributed by atoms with Gasteiger partial charge in [0.15, 0.2) is 0 Å². The summed E-state index contributed by atoms with van der Waals surface area (Å²) in [6.45, 7) is 3.36. The van der Waals surface area contributed by atoms with E-state index in [9.17, 15) is 14.4 Å². The van der Waals surface area contributed by atoms with Gasteiger partial charge in [0, 0.05) is 6.54 Å². The third-order valence-corrected chi connectivity index (χ3v) is 3.72. The van der Waals surface area contributed by atoms with Gasteiger partial charge in [0.05, 0.1) is 10.8 Å². The zero-order valence-corrected chi connectivity index (χ0v) is 12.2. The van der Waals surface area contributed by atoms with Crippen LogP contribution in [0.1, 0.15) is 29.9 Å². The minimum Gasteiger partial charge on any atom is -0.481 e. The number of hydrogen-bond acceptors (Lipinski definition) is 4. The Bertz CT molecular complexity index is 473. The summed E-state index contributed by atoms with van der Waals surface area (Å²) in [4.78, 5) is 34.9. The largest absolute Gasteiger partial charge is 0.481 e. The van der Waals surface area contributed by atoms with E-state index < -0.39 is 23.8 Å². The first kappa shape index (κ1) is 16.2. The Kier molecular flexibility index (Phi) is 6.17. The number of nitrogens with one attached hydrogen (secondary N) is 2. The first-order valence-electron chi connectivity index (χ1n) is 6.30. The predicted octanol–water partition coefficient (Wildman–Crippen LogP) is 1.09. The van der Waals surface area contributed by atoms with Crippen LogP contribution in [0.25, 0.3) is 0 Å². The van der Waals surface area contributed by atoms with Crippen LogP contribution in [-0.2, 0) is 9.59 Å². The van der Waals surface area contributed by atoms with Gasteiger partial charge in [0.2, 0.25) is 5.91 Å². The Morgan fingerprint density at radius 1 is 1.40 bits per heavy atom. The van der Waals surface area contributed by atoms with E-state index in [1.54, 1.807) is 31.4 Å². The fourth-order valence-corrected chi connectivity index (χ4v) is 2.15. The second-order valence-corrected chi connectivity index (χ2v) is 5.31. The van der Waals surface area contributed by atoms with Crippen molar-refractivity contribution in [2.24, 2.45) is 5.92 Å². The molecule has 2 unspecified atom stereocenters. The highest BCUT2D eigenvalue weighted by atomic mass is 32.1. The summed E-state index contributed by atoms with van der Waals surface area (Å²) in [5, 5.41) is 15.8. The lowest BCUT2D eigenvalue weighted by Crippen LogP contribution is -2.46. The van der Waals surface area contributed by atoms with Gasteiger partial charge >= 0.3 is 5.97 Å². The van der Waals surface area contributed by atoms with Gasteiger partial charge in [-0.05, 0) is 24.8 Å². The molecule has 0 spiro atoms.